The molecule has 0 radical (unpaired) electrons. The van der Waals surface area contributed by atoms with E-state index in [1.54, 1.807) is 16.9 Å². The van der Waals surface area contributed by atoms with Gasteiger partial charge in [0.2, 0.25) is 5.91 Å². The molecule has 2 atom stereocenters. The normalized spacial score (nSPS) is 22.0. The molecule has 2 unspecified atom stereocenters. The highest BCUT2D eigenvalue weighted by Gasteiger charge is 2.49. The average Bonchev–Trinajstić information content (AvgIpc) is 3.44. The Morgan fingerprint density at radius 2 is 2.16 bits per heavy atom. The van der Waals surface area contributed by atoms with Gasteiger partial charge in [-0.3, -0.25) is 9.48 Å². The molecule has 1 aliphatic heterocycles. The number of rotatable bonds is 5. The fraction of sp³-hybridized carbons (Fsp3) is 0.409. The van der Waals surface area contributed by atoms with Crippen LogP contribution in [0, 0.1) is 6.92 Å². The molecule has 4 heterocycles. The van der Waals surface area contributed by atoms with E-state index >= 15 is 0 Å². The van der Waals surface area contributed by atoms with Crippen LogP contribution in [0.5, 0.6) is 0 Å². The third-order valence-corrected chi connectivity index (χ3v) is 5.95. The Balaban J connectivity index is 1.53. The number of anilines is 3. The topological polar surface area (TPSA) is 107 Å². The molecule has 0 aromatic carbocycles. The van der Waals surface area contributed by atoms with Crippen molar-refractivity contribution in [2.45, 2.75) is 44.6 Å². The summed E-state index contributed by atoms with van der Waals surface area (Å²) in [4.78, 5) is 25.5. The Morgan fingerprint density at radius 3 is 2.81 bits per heavy atom. The summed E-state index contributed by atoms with van der Waals surface area (Å²) in [5, 5.41) is 10.7. The molecule has 1 saturated heterocycles. The average molecular weight is 419 g/mol. The number of carbonyl (C=O) groups excluding carboxylic acids is 1. The second-order valence-electron chi connectivity index (χ2n) is 8.47. The summed E-state index contributed by atoms with van der Waals surface area (Å²) in [6, 6.07) is 5.64. The number of hydrogen-bond acceptors (Lipinski definition) is 7. The minimum absolute atomic E-state index is 0.0868. The van der Waals surface area contributed by atoms with Crippen molar-refractivity contribution in [3.63, 3.8) is 0 Å². The van der Waals surface area contributed by atoms with E-state index in [1.807, 2.05) is 32.3 Å². The predicted molar refractivity (Wildman–Crippen MR) is 116 cm³/mol. The molecule has 1 amide bonds. The van der Waals surface area contributed by atoms with Crippen molar-refractivity contribution in [3.8, 4) is 11.3 Å². The maximum absolute atomic E-state index is 11.5. The first-order valence-electron chi connectivity index (χ1n) is 10.4. The number of nitrogens with zero attached hydrogens (tertiary/aromatic N) is 5. The van der Waals surface area contributed by atoms with Crippen LogP contribution in [0.25, 0.3) is 11.3 Å². The van der Waals surface area contributed by atoms with E-state index in [0.717, 1.165) is 47.7 Å². The van der Waals surface area contributed by atoms with Gasteiger partial charge in [0.25, 0.3) is 0 Å². The van der Waals surface area contributed by atoms with Crippen molar-refractivity contribution in [2.75, 3.05) is 17.2 Å². The number of carbonyl (C=O) groups is 1. The molecule has 3 aromatic heterocycles. The number of fused-ring (bicyclic) bond motifs is 2. The molecule has 2 aliphatic rings. The van der Waals surface area contributed by atoms with E-state index in [-0.39, 0.29) is 11.3 Å². The second-order valence-corrected chi connectivity index (χ2v) is 8.47. The smallest absolute Gasteiger partial charge is 0.222 e. The third kappa shape index (κ3) is 3.76. The van der Waals surface area contributed by atoms with Crippen molar-refractivity contribution >= 4 is 23.2 Å². The van der Waals surface area contributed by atoms with Crippen LogP contribution in [-0.4, -0.2) is 43.4 Å². The van der Waals surface area contributed by atoms with Gasteiger partial charge in [-0.25, -0.2) is 15.0 Å². The maximum atomic E-state index is 11.5. The number of aromatic nitrogens is 5. The lowest BCUT2D eigenvalue weighted by atomic mass is 9.87. The Bertz CT molecular complexity index is 1150. The molecule has 31 heavy (non-hydrogen) atoms. The van der Waals surface area contributed by atoms with Gasteiger partial charge in [-0.2, -0.15) is 5.10 Å². The zero-order valence-corrected chi connectivity index (χ0v) is 17.8. The summed E-state index contributed by atoms with van der Waals surface area (Å²) in [6.45, 7) is 4.12. The Kier molecular flexibility index (Phi) is 4.70. The van der Waals surface area contributed by atoms with Crippen LogP contribution in [0.15, 0.2) is 30.6 Å². The zero-order chi connectivity index (χ0) is 21.6. The molecule has 0 spiro atoms. The lowest BCUT2D eigenvalue weighted by Crippen LogP contribution is -2.28. The summed E-state index contributed by atoms with van der Waals surface area (Å²) in [6.07, 6.45) is 7.02. The molecule has 9 heteroatoms. The Morgan fingerprint density at radius 1 is 1.29 bits per heavy atom. The van der Waals surface area contributed by atoms with Crippen molar-refractivity contribution in [3.05, 3.63) is 42.1 Å². The quantitative estimate of drug-likeness (QED) is 0.654. The Hall–Kier alpha value is -3.33. The molecule has 2 bridgehead atoms. The summed E-state index contributed by atoms with van der Waals surface area (Å²) in [5.41, 5.74) is 3.16. The lowest BCUT2D eigenvalue weighted by molar-refractivity contribution is -0.114. The van der Waals surface area contributed by atoms with Gasteiger partial charge in [-0.05, 0) is 32.3 Å². The molecular weight excluding hydrogens is 394 g/mol. The first-order valence-corrected chi connectivity index (χ1v) is 10.4. The molecule has 2 fully saturated rings. The number of nitrogens with one attached hydrogen (secondary N) is 2. The minimum atomic E-state index is -0.180. The number of aryl methyl sites for hydroxylation is 2. The number of pyridine rings is 1. The van der Waals surface area contributed by atoms with Crippen LogP contribution in [0.2, 0.25) is 0 Å². The van der Waals surface area contributed by atoms with Crippen LogP contribution in [-0.2, 0) is 22.0 Å². The van der Waals surface area contributed by atoms with Gasteiger partial charge >= 0.3 is 0 Å². The summed E-state index contributed by atoms with van der Waals surface area (Å²) >= 11 is 0. The third-order valence-electron chi connectivity index (χ3n) is 5.95. The van der Waals surface area contributed by atoms with Gasteiger partial charge < -0.3 is 15.4 Å². The lowest BCUT2D eigenvalue weighted by Gasteiger charge is -2.24. The SMILES string of the molecule is CC(=O)Nc1cc(Nc2cc(C)nc(C34CCC(C3)OC4)n2)c(-c2ccn(C)n2)cn1. The van der Waals surface area contributed by atoms with Gasteiger partial charge in [-0.15, -0.1) is 0 Å². The molecule has 5 rings (SSSR count). The van der Waals surface area contributed by atoms with Crippen LogP contribution in [0.3, 0.4) is 0 Å². The monoisotopic (exact) mass is 419 g/mol. The van der Waals surface area contributed by atoms with Gasteiger partial charge in [-0.1, -0.05) is 0 Å². The minimum Gasteiger partial charge on any atom is -0.377 e. The zero-order valence-electron chi connectivity index (χ0n) is 17.8. The fourth-order valence-corrected chi connectivity index (χ4v) is 4.47. The molecule has 9 nitrogen and oxygen atoms in total. The molecule has 3 aromatic rings. The highest BCUT2D eigenvalue weighted by molar-refractivity contribution is 5.89. The summed E-state index contributed by atoms with van der Waals surface area (Å²) in [7, 11) is 1.87. The largest absolute Gasteiger partial charge is 0.377 e. The van der Waals surface area contributed by atoms with E-state index in [4.69, 9.17) is 14.7 Å². The van der Waals surface area contributed by atoms with Crippen LogP contribution < -0.4 is 10.6 Å². The number of amides is 1. The molecular formula is C22H25N7O2. The first kappa shape index (κ1) is 19.6. The van der Waals surface area contributed by atoms with Gasteiger partial charge in [0, 0.05) is 49.8 Å². The van der Waals surface area contributed by atoms with E-state index < -0.39 is 0 Å². The van der Waals surface area contributed by atoms with E-state index in [2.05, 4.69) is 20.7 Å². The van der Waals surface area contributed by atoms with Crippen molar-refractivity contribution in [1.29, 1.82) is 0 Å². The van der Waals surface area contributed by atoms with E-state index in [1.165, 1.54) is 6.92 Å². The van der Waals surface area contributed by atoms with Gasteiger partial charge in [0.15, 0.2) is 0 Å². The molecule has 2 N–H and O–H groups in total. The summed E-state index contributed by atoms with van der Waals surface area (Å²) in [5.74, 6) is 1.82. The van der Waals surface area contributed by atoms with Crippen LogP contribution in [0.1, 0.15) is 37.7 Å². The number of ether oxygens (including phenoxy) is 1. The molecule has 160 valence electrons. The fourth-order valence-electron chi connectivity index (χ4n) is 4.47. The van der Waals surface area contributed by atoms with Gasteiger partial charge in [0.05, 0.1) is 29.5 Å². The first-order chi connectivity index (χ1) is 14.9. The maximum Gasteiger partial charge on any atom is 0.222 e. The predicted octanol–water partition coefficient (Wildman–Crippen LogP) is 3.10. The highest BCUT2D eigenvalue weighted by Crippen LogP contribution is 2.47. The van der Waals surface area contributed by atoms with Crippen molar-refractivity contribution < 1.29 is 9.53 Å². The van der Waals surface area contributed by atoms with Crippen LogP contribution in [0.4, 0.5) is 17.3 Å². The van der Waals surface area contributed by atoms with Gasteiger partial charge in [0.1, 0.15) is 17.5 Å². The second kappa shape index (κ2) is 7.42. The standard InChI is InChI=1S/C22H25N7O2/c1-13-8-20(27-21(24-13)22-6-4-15(10-22)31-12-22)26-18-9-19(25-14(2)30)23-11-16(18)17-5-7-29(3)28-17/h5,7-9,11,15H,4,6,10,12H2,1-3H3,(H2,23,24,25,26,27,30). The van der Waals surface area contributed by atoms with Crippen LogP contribution >= 0.6 is 0 Å². The van der Waals surface area contributed by atoms with E-state index in [9.17, 15) is 4.79 Å². The molecule has 1 aliphatic carbocycles. The number of hydrogen-bond donors (Lipinski definition) is 2. The highest BCUT2D eigenvalue weighted by atomic mass is 16.5. The molecule has 1 saturated carbocycles. The van der Waals surface area contributed by atoms with E-state index in [0.29, 0.717) is 24.3 Å². The Labute approximate surface area is 180 Å². The van der Waals surface area contributed by atoms with Crippen molar-refractivity contribution in [1.82, 2.24) is 24.7 Å². The summed E-state index contributed by atoms with van der Waals surface area (Å²) < 4.78 is 7.62. The van der Waals surface area contributed by atoms with Crippen molar-refractivity contribution in [2.24, 2.45) is 7.05 Å².